The molecule has 0 heterocycles. The SMILES string of the molecule is CC.CCC.CCNCCNC. The predicted molar refractivity (Wildman–Crippen MR) is 59.8 cm³/mol. The average Bonchev–Trinajstić information content (AvgIpc) is 2.11. The van der Waals surface area contributed by atoms with Crippen LogP contribution >= 0.6 is 0 Å². The van der Waals surface area contributed by atoms with Crippen molar-refractivity contribution in [1.82, 2.24) is 10.6 Å². The Morgan fingerprint density at radius 3 is 1.58 bits per heavy atom. The maximum Gasteiger partial charge on any atom is 0.00764 e. The monoisotopic (exact) mass is 176 g/mol. The summed E-state index contributed by atoms with van der Waals surface area (Å²) in [6, 6.07) is 0. The van der Waals surface area contributed by atoms with Crippen molar-refractivity contribution in [3.8, 4) is 0 Å². The summed E-state index contributed by atoms with van der Waals surface area (Å²) in [5.74, 6) is 0. The lowest BCUT2D eigenvalue weighted by Gasteiger charge is -1.96. The van der Waals surface area contributed by atoms with Crippen LogP contribution in [0, 0.1) is 0 Å². The zero-order valence-electron chi connectivity index (χ0n) is 9.83. The van der Waals surface area contributed by atoms with E-state index in [2.05, 4.69) is 31.4 Å². The molecule has 0 fully saturated rings. The molecule has 2 heteroatoms. The third-order valence-electron chi connectivity index (χ3n) is 0.802. The zero-order chi connectivity index (χ0) is 10.2. The minimum Gasteiger partial charge on any atom is -0.318 e. The fourth-order valence-corrected chi connectivity index (χ4v) is 0.390. The van der Waals surface area contributed by atoms with Crippen molar-refractivity contribution in [3.63, 3.8) is 0 Å². The number of likely N-dealkylation sites (N-methyl/N-ethyl adjacent to an activating group) is 2. The molecule has 12 heavy (non-hydrogen) atoms. The van der Waals surface area contributed by atoms with Gasteiger partial charge in [0.15, 0.2) is 0 Å². The second kappa shape index (κ2) is 30.7. The largest absolute Gasteiger partial charge is 0.318 e. The molecule has 0 spiro atoms. The Balaban J connectivity index is -0.000000137. The van der Waals surface area contributed by atoms with E-state index >= 15 is 0 Å². The molecule has 0 aliphatic carbocycles. The highest BCUT2D eigenvalue weighted by molar-refractivity contribution is 4.42. The molecule has 0 aromatic heterocycles. The van der Waals surface area contributed by atoms with Gasteiger partial charge in [0.25, 0.3) is 0 Å². The van der Waals surface area contributed by atoms with Gasteiger partial charge >= 0.3 is 0 Å². The fourth-order valence-electron chi connectivity index (χ4n) is 0.390. The van der Waals surface area contributed by atoms with Gasteiger partial charge in [-0.1, -0.05) is 41.0 Å². The predicted octanol–water partition coefficient (Wildman–Crippen LogP) is 2.26. The summed E-state index contributed by atoms with van der Waals surface area (Å²) in [5.41, 5.74) is 0. The number of hydrogen-bond acceptors (Lipinski definition) is 2. The molecule has 0 atom stereocenters. The molecule has 0 unspecified atom stereocenters. The Morgan fingerprint density at radius 1 is 0.917 bits per heavy atom. The lowest BCUT2D eigenvalue weighted by Crippen LogP contribution is -2.24. The molecule has 0 amide bonds. The number of rotatable bonds is 4. The van der Waals surface area contributed by atoms with Crippen LogP contribution in [-0.2, 0) is 0 Å². The van der Waals surface area contributed by atoms with Crippen LogP contribution in [0.15, 0.2) is 0 Å². The molecule has 78 valence electrons. The van der Waals surface area contributed by atoms with Crippen LogP contribution < -0.4 is 10.6 Å². The Morgan fingerprint density at radius 2 is 1.33 bits per heavy atom. The Bertz CT molecular complexity index is 34.8. The summed E-state index contributed by atoms with van der Waals surface area (Å²) < 4.78 is 0. The number of nitrogens with one attached hydrogen (secondary N) is 2. The molecule has 0 aliphatic rings. The normalized spacial score (nSPS) is 7.50. The number of hydrogen-bond donors (Lipinski definition) is 2. The molecule has 0 aromatic rings. The summed E-state index contributed by atoms with van der Waals surface area (Å²) in [6.07, 6.45) is 1.25. The smallest absolute Gasteiger partial charge is 0.00764 e. The highest BCUT2D eigenvalue weighted by Gasteiger charge is 1.75. The van der Waals surface area contributed by atoms with Gasteiger partial charge in [0.1, 0.15) is 0 Å². The first-order chi connectivity index (χ1) is 5.83. The molecule has 2 N–H and O–H groups in total. The molecule has 0 rings (SSSR count). The first-order valence-electron chi connectivity index (χ1n) is 5.18. The molecule has 0 saturated carbocycles. The average molecular weight is 176 g/mol. The van der Waals surface area contributed by atoms with Gasteiger partial charge in [-0.25, -0.2) is 0 Å². The van der Waals surface area contributed by atoms with E-state index in [0.29, 0.717) is 0 Å². The third-order valence-corrected chi connectivity index (χ3v) is 0.802. The molecule has 0 bridgehead atoms. The van der Waals surface area contributed by atoms with Crippen LogP contribution in [0.5, 0.6) is 0 Å². The van der Waals surface area contributed by atoms with Crippen molar-refractivity contribution in [1.29, 1.82) is 0 Å². The Hall–Kier alpha value is -0.0800. The molecular formula is C10H28N2. The van der Waals surface area contributed by atoms with Crippen molar-refractivity contribution < 1.29 is 0 Å². The van der Waals surface area contributed by atoms with Crippen LogP contribution in [0.25, 0.3) is 0 Å². The van der Waals surface area contributed by atoms with Crippen LogP contribution in [0.2, 0.25) is 0 Å². The molecular weight excluding hydrogens is 148 g/mol. The first kappa shape index (κ1) is 17.9. The maximum absolute atomic E-state index is 3.19. The van der Waals surface area contributed by atoms with Crippen molar-refractivity contribution in [3.05, 3.63) is 0 Å². The second-order valence-electron chi connectivity index (χ2n) is 2.16. The molecule has 0 aliphatic heterocycles. The molecule has 0 radical (unpaired) electrons. The van der Waals surface area contributed by atoms with Gasteiger partial charge in [-0.3, -0.25) is 0 Å². The minimum absolute atomic E-state index is 1.06. The highest BCUT2D eigenvalue weighted by Crippen LogP contribution is 1.56. The molecule has 0 aromatic carbocycles. The third kappa shape index (κ3) is 51.4. The fraction of sp³-hybridized carbons (Fsp3) is 1.00. The van der Waals surface area contributed by atoms with E-state index in [1.807, 2.05) is 20.9 Å². The van der Waals surface area contributed by atoms with E-state index in [1.54, 1.807) is 0 Å². The minimum atomic E-state index is 1.06. The van der Waals surface area contributed by atoms with Gasteiger partial charge in [0, 0.05) is 13.1 Å². The highest BCUT2D eigenvalue weighted by atomic mass is 14.9. The zero-order valence-corrected chi connectivity index (χ0v) is 9.83. The molecule has 0 saturated heterocycles. The van der Waals surface area contributed by atoms with Crippen LogP contribution in [0.4, 0.5) is 0 Å². The quantitative estimate of drug-likeness (QED) is 0.642. The summed E-state index contributed by atoms with van der Waals surface area (Å²) in [6.45, 7) is 13.6. The van der Waals surface area contributed by atoms with Crippen molar-refractivity contribution >= 4 is 0 Å². The van der Waals surface area contributed by atoms with Crippen molar-refractivity contribution in [2.75, 3.05) is 26.7 Å². The first-order valence-corrected chi connectivity index (χ1v) is 5.18. The summed E-state index contributed by atoms with van der Waals surface area (Å²) in [4.78, 5) is 0. The topological polar surface area (TPSA) is 24.1 Å². The van der Waals surface area contributed by atoms with Gasteiger partial charge in [-0.15, -0.1) is 0 Å². The van der Waals surface area contributed by atoms with E-state index in [9.17, 15) is 0 Å². The van der Waals surface area contributed by atoms with Crippen molar-refractivity contribution in [2.24, 2.45) is 0 Å². The van der Waals surface area contributed by atoms with Crippen LogP contribution in [0.3, 0.4) is 0 Å². The van der Waals surface area contributed by atoms with Gasteiger partial charge in [-0.05, 0) is 13.6 Å². The summed E-state index contributed by atoms with van der Waals surface area (Å²) >= 11 is 0. The maximum atomic E-state index is 3.19. The van der Waals surface area contributed by atoms with Gasteiger partial charge < -0.3 is 10.6 Å². The van der Waals surface area contributed by atoms with Gasteiger partial charge in [0.2, 0.25) is 0 Å². The van der Waals surface area contributed by atoms with Gasteiger partial charge in [-0.2, -0.15) is 0 Å². The van der Waals surface area contributed by atoms with E-state index < -0.39 is 0 Å². The van der Waals surface area contributed by atoms with E-state index in [0.717, 1.165) is 19.6 Å². The van der Waals surface area contributed by atoms with Crippen LogP contribution in [0.1, 0.15) is 41.0 Å². The van der Waals surface area contributed by atoms with Crippen molar-refractivity contribution in [2.45, 2.75) is 41.0 Å². The Kier molecular flexibility index (Phi) is 45.6. The lowest BCUT2D eigenvalue weighted by molar-refractivity contribution is 0.672. The molecule has 2 nitrogen and oxygen atoms in total. The van der Waals surface area contributed by atoms with E-state index in [1.165, 1.54) is 6.42 Å². The second-order valence-corrected chi connectivity index (χ2v) is 2.16. The Labute approximate surface area is 79.1 Å². The van der Waals surface area contributed by atoms with Crippen LogP contribution in [-0.4, -0.2) is 26.7 Å². The standard InChI is InChI=1S/C5H14N2.C3H8.C2H6/c1-3-7-5-4-6-2;1-3-2;1-2/h6-7H,3-5H2,1-2H3;3H2,1-2H3;1-2H3. The van der Waals surface area contributed by atoms with Gasteiger partial charge in [0.05, 0.1) is 0 Å². The lowest BCUT2D eigenvalue weighted by atomic mass is 10.6. The summed E-state index contributed by atoms with van der Waals surface area (Å²) in [5, 5.41) is 6.23. The summed E-state index contributed by atoms with van der Waals surface area (Å²) in [7, 11) is 1.96. The van der Waals surface area contributed by atoms with E-state index in [4.69, 9.17) is 0 Å². The van der Waals surface area contributed by atoms with E-state index in [-0.39, 0.29) is 0 Å².